The first-order valence-corrected chi connectivity index (χ1v) is 4.38. The van der Waals surface area contributed by atoms with Crippen molar-refractivity contribution in [2.75, 3.05) is 14.1 Å². The van der Waals surface area contributed by atoms with Crippen LogP contribution in [-0.2, 0) is 0 Å². The van der Waals surface area contributed by atoms with Crippen LogP contribution in [0.1, 0.15) is 39.5 Å². The van der Waals surface area contributed by atoms with Crippen molar-refractivity contribution in [3.8, 4) is 0 Å². The lowest BCUT2D eigenvalue weighted by Gasteiger charge is -2.31. The van der Waals surface area contributed by atoms with Gasteiger partial charge >= 0.3 is 0 Å². The van der Waals surface area contributed by atoms with E-state index in [1.807, 2.05) is 0 Å². The molecule has 1 nitrogen and oxygen atoms in total. The maximum atomic E-state index is 2.31. The highest BCUT2D eigenvalue weighted by Gasteiger charge is 2.18. The molecule has 1 aliphatic rings. The molecule has 0 bridgehead atoms. The third kappa shape index (κ3) is 3.89. The molecule has 0 aliphatic heterocycles. The highest BCUT2D eigenvalue weighted by molar-refractivity contribution is 4.75. The van der Waals surface area contributed by atoms with E-state index in [9.17, 15) is 0 Å². The molecule has 1 fully saturated rings. The molecule has 10 heavy (non-hydrogen) atoms. The van der Waals surface area contributed by atoms with E-state index in [0.29, 0.717) is 0 Å². The summed E-state index contributed by atoms with van der Waals surface area (Å²) in [5.41, 5.74) is 0. The van der Waals surface area contributed by atoms with Crippen LogP contribution in [0.3, 0.4) is 0 Å². The lowest BCUT2D eigenvalue weighted by molar-refractivity contribution is 0.193. The highest BCUT2D eigenvalue weighted by atomic mass is 15.1. The third-order valence-corrected chi connectivity index (χ3v) is 1.80. The van der Waals surface area contributed by atoms with Gasteiger partial charge in [0.15, 0.2) is 0 Å². The standard InChI is InChI=1S/C6H13N.C3H8/c1-7(2)6-4-3-5-6;1-3-2/h6H,3-5H2,1-2H3;3H2,1-2H3. The maximum Gasteiger partial charge on any atom is 0.00891 e. The van der Waals surface area contributed by atoms with Gasteiger partial charge in [0.05, 0.1) is 0 Å². The van der Waals surface area contributed by atoms with Crippen molar-refractivity contribution in [2.45, 2.75) is 45.6 Å². The first kappa shape index (κ1) is 9.96. The average Bonchev–Trinajstić information content (AvgIpc) is 1.59. The first-order chi connectivity index (χ1) is 4.72. The van der Waals surface area contributed by atoms with E-state index < -0.39 is 0 Å². The molecule has 0 aromatic heterocycles. The second-order valence-corrected chi connectivity index (χ2v) is 3.26. The molecule has 0 atom stereocenters. The minimum Gasteiger partial charge on any atom is -0.306 e. The molecular weight excluding hydrogens is 122 g/mol. The van der Waals surface area contributed by atoms with Gasteiger partial charge in [0.2, 0.25) is 0 Å². The van der Waals surface area contributed by atoms with E-state index >= 15 is 0 Å². The second-order valence-electron chi connectivity index (χ2n) is 3.26. The van der Waals surface area contributed by atoms with Crippen LogP contribution in [-0.4, -0.2) is 25.0 Å². The zero-order valence-electron chi connectivity index (χ0n) is 7.85. The zero-order valence-corrected chi connectivity index (χ0v) is 7.85. The molecular formula is C9H21N. The fourth-order valence-electron chi connectivity index (χ4n) is 0.903. The maximum absolute atomic E-state index is 2.31. The summed E-state index contributed by atoms with van der Waals surface area (Å²) < 4.78 is 0. The Labute approximate surface area is 65.4 Å². The fraction of sp³-hybridized carbons (Fsp3) is 1.00. The molecule has 0 radical (unpaired) electrons. The number of hydrogen-bond donors (Lipinski definition) is 0. The lowest BCUT2D eigenvalue weighted by Crippen LogP contribution is -2.33. The summed E-state index contributed by atoms with van der Waals surface area (Å²) in [5, 5.41) is 0. The van der Waals surface area contributed by atoms with Crippen molar-refractivity contribution in [3.05, 3.63) is 0 Å². The molecule has 62 valence electrons. The molecule has 0 heterocycles. The van der Waals surface area contributed by atoms with Crippen LogP contribution in [0.25, 0.3) is 0 Å². The van der Waals surface area contributed by atoms with Gasteiger partial charge in [0.1, 0.15) is 0 Å². The van der Waals surface area contributed by atoms with E-state index in [0.717, 1.165) is 6.04 Å². The summed E-state index contributed by atoms with van der Waals surface area (Å²) >= 11 is 0. The molecule has 0 aromatic rings. The molecule has 1 saturated carbocycles. The Bertz CT molecular complexity index is 65.1. The largest absolute Gasteiger partial charge is 0.306 e. The highest BCUT2D eigenvalue weighted by Crippen LogP contribution is 2.21. The van der Waals surface area contributed by atoms with Crippen molar-refractivity contribution in [1.82, 2.24) is 4.90 Å². The monoisotopic (exact) mass is 143 g/mol. The van der Waals surface area contributed by atoms with Gasteiger partial charge in [-0.05, 0) is 26.9 Å². The molecule has 1 heteroatoms. The molecule has 1 rings (SSSR count). The zero-order chi connectivity index (χ0) is 7.98. The van der Waals surface area contributed by atoms with Crippen LogP contribution in [0.5, 0.6) is 0 Å². The van der Waals surface area contributed by atoms with Gasteiger partial charge in [-0.1, -0.05) is 26.7 Å². The average molecular weight is 143 g/mol. The first-order valence-electron chi connectivity index (χ1n) is 4.38. The Hall–Kier alpha value is -0.0400. The normalized spacial score (nSPS) is 17.7. The van der Waals surface area contributed by atoms with Crippen LogP contribution in [0.4, 0.5) is 0 Å². The summed E-state index contributed by atoms with van der Waals surface area (Å²) in [6.07, 6.45) is 5.54. The van der Waals surface area contributed by atoms with Crippen molar-refractivity contribution in [1.29, 1.82) is 0 Å². The van der Waals surface area contributed by atoms with E-state index in [2.05, 4.69) is 32.8 Å². The van der Waals surface area contributed by atoms with Gasteiger partial charge in [-0.3, -0.25) is 0 Å². The lowest BCUT2D eigenvalue weighted by atomic mass is 9.92. The van der Waals surface area contributed by atoms with Crippen LogP contribution in [0, 0.1) is 0 Å². The topological polar surface area (TPSA) is 3.24 Å². The van der Waals surface area contributed by atoms with Crippen molar-refractivity contribution >= 4 is 0 Å². The molecule has 0 aromatic carbocycles. The Morgan fingerprint density at radius 3 is 1.60 bits per heavy atom. The summed E-state index contributed by atoms with van der Waals surface area (Å²) in [4.78, 5) is 2.31. The van der Waals surface area contributed by atoms with Gasteiger partial charge in [-0.2, -0.15) is 0 Å². The van der Waals surface area contributed by atoms with E-state index in [4.69, 9.17) is 0 Å². The molecule has 0 spiro atoms. The minimum atomic E-state index is 0.917. The van der Waals surface area contributed by atoms with Crippen molar-refractivity contribution in [2.24, 2.45) is 0 Å². The van der Waals surface area contributed by atoms with Gasteiger partial charge in [0, 0.05) is 6.04 Å². The SMILES string of the molecule is CCC.CN(C)C1CCC1. The van der Waals surface area contributed by atoms with E-state index in [1.54, 1.807) is 0 Å². The smallest absolute Gasteiger partial charge is 0.00891 e. The van der Waals surface area contributed by atoms with Gasteiger partial charge < -0.3 is 4.90 Å². The summed E-state index contributed by atoms with van der Waals surface area (Å²) in [7, 11) is 4.31. The van der Waals surface area contributed by atoms with Crippen molar-refractivity contribution in [3.63, 3.8) is 0 Å². The summed E-state index contributed by atoms with van der Waals surface area (Å²) in [6.45, 7) is 4.25. The van der Waals surface area contributed by atoms with E-state index in [-0.39, 0.29) is 0 Å². The number of rotatable bonds is 1. The Balaban J connectivity index is 0.000000236. The third-order valence-electron chi connectivity index (χ3n) is 1.80. The summed E-state index contributed by atoms with van der Waals surface area (Å²) in [5.74, 6) is 0. The van der Waals surface area contributed by atoms with E-state index in [1.165, 1.54) is 25.7 Å². The molecule has 0 unspecified atom stereocenters. The van der Waals surface area contributed by atoms with Gasteiger partial charge in [-0.25, -0.2) is 0 Å². The van der Waals surface area contributed by atoms with Crippen molar-refractivity contribution < 1.29 is 0 Å². The van der Waals surface area contributed by atoms with Crippen LogP contribution >= 0.6 is 0 Å². The Morgan fingerprint density at radius 1 is 1.20 bits per heavy atom. The molecule has 0 N–H and O–H groups in total. The molecule has 1 aliphatic carbocycles. The van der Waals surface area contributed by atoms with Crippen LogP contribution in [0.2, 0.25) is 0 Å². The summed E-state index contributed by atoms with van der Waals surface area (Å²) in [6, 6.07) is 0.917. The quantitative estimate of drug-likeness (QED) is 0.545. The predicted octanol–water partition coefficient (Wildman–Crippen LogP) is 2.52. The predicted molar refractivity (Wildman–Crippen MR) is 47.3 cm³/mol. The van der Waals surface area contributed by atoms with Crippen LogP contribution < -0.4 is 0 Å². The second kappa shape index (κ2) is 5.72. The van der Waals surface area contributed by atoms with Gasteiger partial charge in [0.25, 0.3) is 0 Å². The number of nitrogens with zero attached hydrogens (tertiary/aromatic N) is 1. The number of hydrogen-bond acceptors (Lipinski definition) is 1. The molecule has 0 amide bonds. The Kier molecular flexibility index (Phi) is 5.70. The van der Waals surface area contributed by atoms with Gasteiger partial charge in [-0.15, -0.1) is 0 Å². The fourth-order valence-corrected chi connectivity index (χ4v) is 0.903. The molecule has 0 saturated heterocycles. The van der Waals surface area contributed by atoms with Crippen LogP contribution in [0.15, 0.2) is 0 Å². The Morgan fingerprint density at radius 2 is 1.60 bits per heavy atom. The minimum absolute atomic E-state index is 0.917.